The first-order chi connectivity index (χ1) is 11.0. The van der Waals surface area contributed by atoms with Crippen LogP contribution in [0, 0.1) is 0 Å². The van der Waals surface area contributed by atoms with Gasteiger partial charge in [0.05, 0.1) is 5.69 Å². The number of benzene rings is 2. The van der Waals surface area contributed by atoms with Crippen molar-refractivity contribution in [3.8, 4) is 0 Å². The van der Waals surface area contributed by atoms with Crippen LogP contribution in [-0.4, -0.2) is 21.8 Å². The van der Waals surface area contributed by atoms with E-state index in [2.05, 4.69) is 0 Å². The van der Waals surface area contributed by atoms with Gasteiger partial charge in [-0.3, -0.25) is 14.5 Å². The maximum absolute atomic E-state index is 12.3. The SMILES string of the molecule is O=C1C(=O)N(c2ccccc2)C(=S)/C1=C(\O)c1ccc(Cl)cc1. The van der Waals surface area contributed by atoms with E-state index in [0.717, 1.165) is 4.90 Å². The van der Waals surface area contributed by atoms with Crippen LogP contribution in [0.15, 0.2) is 60.2 Å². The quantitative estimate of drug-likeness (QED) is 0.392. The average Bonchev–Trinajstić information content (AvgIpc) is 2.78. The summed E-state index contributed by atoms with van der Waals surface area (Å²) in [7, 11) is 0. The van der Waals surface area contributed by atoms with Gasteiger partial charge in [0.15, 0.2) is 0 Å². The van der Waals surface area contributed by atoms with Crippen molar-refractivity contribution < 1.29 is 14.7 Å². The second-order valence-corrected chi connectivity index (χ2v) is 5.66. The number of hydrogen-bond acceptors (Lipinski definition) is 4. The molecule has 0 aromatic heterocycles. The molecule has 0 radical (unpaired) electrons. The van der Waals surface area contributed by atoms with Crippen LogP contribution in [-0.2, 0) is 9.59 Å². The van der Waals surface area contributed by atoms with E-state index in [1.54, 1.807) is 54.6 Å². The fourth-order valence-corrected chi connectivity index (χ4v) is 2.79. The highest BCUT2D eigenvalue weighted by Gasteiger charge is 2.42. The van der Waals surface area contributed by atoms with Crippen LogP contribution < -0.4 is 4.90 Å². The van der Waals surface area contributed by atoms with E-state index in [1.165, 1.54) is 0 Å². The van der Waals surface area contributed by atoms with Crippen molar-refractivity contribution in [2.24, 2.45) is 0 Å². The summed E-state index contributed by atoms with van der Waals surface area (Å²) in [5, 5.41) is 10.9. The van der Waals surface area contributed by atoms with Crippen LogP contribution in [0.4, 0.5) is 5.69 Å². The van der Waals surface area contributed by atoms with Gasteiger partial charge in [-0.05, 0) is 36.4 Å². The maximum atomic E-state index is 12.3. The molecule has 6 heteroatoms. The van der Waals surface area contributed by atoms with Crippen molar-refractivity contribution in [2.45, 2.75) is 0 Å². The molecular weight excluding hydrogens is 334 g/mol. The summed E-state index contributed by atoms with van der Waals surface area (Å²) < 4.78 is 0. The third kappa shape index (κ3) is 2.65. The molecular formula is C17H10ClNO3S. The Morgan fingerprint density at radius 1 is 1.00 bits per heavy atom. The Morgan fingerprint density at radius 3 is 2.22 bits per heavy atom. The van der Waals surface area contributed by atoms with Crippen LogP contribution in [0.2, 0.25) is 5.02 Å². The van der Waals surface area contributed by atoms with Crippen LogP contribution in [0.5, 0.6) is 0 Å². The fourth-order valence-electron chi connectivity index (χ4n) is 2.28. The monoisotopic (exact) mass is 343 g/mol. The molecule has 1 saturated heterocycles. The van der Waals surface area contributed by atoms with E-state index in [1.807, 2.05) is 0 Å². The zero-order valence-electron chi connectivity index (χ0n) is 11.7. The third-order valence-electron chi connectivity index (χ3n) is 3.41. The first-order valence-corrected chi connectivity index (χ1v) is 7.46. The van der Waals surface area contributed by atoms with Gasteiger partial charge >= 0.3 is 5.91 Å². The number of rotatable bonds is 2. The molecule has 1 heterocycles. The van der Waals surface area contributed by atoms with Gasteiger partial charge in [0.1, 0.15) is 16.3 Å². The Labute approximate surface area is 142 Å². The van der Waals surface area contributed by atoms with E-state index < -0.39 is 11.7 Å². The summed E-state index contributed by atoms with van der Waals surface area (Å²) in [6, 6.07) is 14.8. The molecule has 1 aliphatic heterocycles. The number of ketones is 1. The van der Waals surface area contributed by atoms with Gasteiger partial charge < -0.3 is 5.11 Å². The number of Topliss-reactive ketones (excluding diaryl/α,β-unsaturated/α-hetero) is 1. The van der Waals surface area contributed by atoms with Crippen molar-refractivity contribution in [2.75, 3.05) is 4.90 Å². The van der Waals surface area contributed by atoms with E-state index in [0.29, 0.717) is 16.3 Å². The van der Waals surface area contributed by atoms with Crippen LogP contribution >= 0.6 is 23.8 Å². The number of anilines is 1. The standard InChI is InChI=1S/C17H10ClNO3S/c18-11-8-6-10(7-9-11)14(20)13-15(21)16(22)19(17(13)23)12-4-2-1-3-5-12/h1-9,20H/b14-13-. The van der Waals surface area contributed by atoms with Gasteiger partial charge in [-0.2, -0.15) is 0 Å². The number of nitrogens with zero attached hydrogens (tertiary/aromatic N) is 1. The predicted octanol–water partition coefficient (Wildman–Crippen LogP) is 3.55. The van der Waals surface area contributed by atoms with Crippen molar-refractivity contribution in [1.82, 2.24) is 0 Å². The Bertz CT molecular complexity index is 844. The molecule has 3 rings (SSSR count). The molecule has 0 spiro atoms. The van der Waals surface area contributed by atoms with E-state index in [4.69, 9.17) is 23.8 Å². The lowest BCUT2D eigenvalue weighted by atomic mass is 10.1. The minimum Gasteiger partial charge on any atom is -0.506 e. The number of carbonyl (C=O) groups is 2. The lowest BCUT2D eigenvalue weighted by Gasteiger charge is -2.14. The number of amides is 1. The first kappa shape index (κ1) is 15.4. The summed E-state index contributed by atoms with van der Waals surface area (Å²) in [6.45, 7) is 0. The normalized spacial score (nSPS) is 16.9. The molecule has 1 aliphatic rings. The minimum atomic E-state index is -0.827. The maximum Gasteiger partial charge on any atom is 0.304 e. The number of para-hydroxylation sites is 1. The highest BCUT2D eigenvalue weighted by molar-refractivity contribution is 7.81. The van der Waals surface area contributed by atoms with Gasteiger partial charge in [0.2, 0.25) is 0 Å². The zero-order valence-corrected chi connectivity index (χ0v) is 13.3. The average molecular weight is 344 g/mol. The van der Waals surface area contributed by atoms with Crippen molar-refractivity contribution >= 4 is 51.9 Å². The molecule has 0 saturated carbocycles. The molecule has 0 unspecified atom stereocenters. The molecule has 1 N–H and O–H groups in total. The highest BCUT2D eigenvalue weighted by Crippen LogP contribution is 2.29. The molecule has 114 valence electrons. The number of aliphatic hydroxyl groups excluding tert-OH is 1. The smallest absolute Gasteiger partial charge is 0.304 e. The summed E-state index contributed by atoms with van der Waals surface area (Å²) in [6.07, 6.45) is 0. The summed E-state index contributed by atoms with van der Waals surface area (Å²) in [5.74, 6) is -1.94. The number of hydrogen-bond donors (Lipinski definition) is 1. The van der Waals surface area contributed by atoms with Gasteiger partial charge in [-0.25, -0.2) is 0 Å². The predicted molar refractivity (Wildman–Crippen MR) is 92.5 cm³/mol. The summed E-state index contributed by atoms with van der Waals surface area (Å²) in [5.41, 5.74) is 0.675. The number of aliphatic hydroxyl groups is 1. The number of carbonyl (C=O) groups excluding carboxylic acids is 2. The minimum absolute atomic E-state index is 0.0151. The van der Waals surface area contributed by atoms with Crippen LogP contribution in [0.1, 0.15) is 5.56 Å². The molecule has 0 aliphatic carbocycles. The van der Waals surface area contributed by atoms with E-state index >= 15 is 0 Å². The molecule has 1 amide bonds. The largest absolute Gasteiger partial charge is 0.506 e. The van der Waals surface area contributed by atoms with Gasteiger partial charge in [0.25, 0.3) is 5.78 Å². The molecule has 2 aromatic rings. The first-order valence-electron chi connectivity index (χ1n) is 6.68. The molecule has 4 nitrogen and oxygen atoms in total. The molecule has 0 atom stereocenters. The fraction of sp³-hybridized carbons (Fsp3) is 0. The van der Waals surface area contributed by atoms with Gasteiger partial charge in [-0.15, -0.1) is 0 Å². The van der Waals surface area contributed by atoms with Crippen LogP contribution in [0.3, 0.4) is 0 Å². The Balaban J connectivity index is 2.09. The van der Waals surface area contributed by atoms with Crippen LogP contribution in [0.25, 0.3) is 5.76 Å². The Morgan fingerprint density at radius 2 is 1.61 bits per heavy atom. The number of thiocarbonyl (C=S) groups is 1. The lowest BCUT2D eigenvalue weighted by molar-refractivity contribution is -0.132. The Kier molecular flexibility index (Phi) is 3.98. The molecule has 23 heavy (non-hydrogen) atoms. The van der Waals surface area contributed by atoms with Crippen molar-refractivity contribution in [1.29, 1.82) is 0 Å². The summed E-state index contributed by atoms with van der Waals surface area (Å²) >= 11 is 11.0. The molecule has 1 fully saturated rings. The number of halogens is 1. The second kappa shape index (κ2) is 5.95. The zero-order chi connectivity index (χ0) is 16.6. The topological polar surface area (TPSA) is 57.6 Å². The molecule has 0 bridgehead atoms. The lowest BCUT2D eigenvalue weighted by Crippen LogP contribution is -2.29. The van der Waals surface area contributed by atoms with Crippen molar-refractivity contribution in [3.05, 3.63) is 70.8 Å². The second-order valence-electron chi connectivity index (χ2n) is 4.84. The third-order valence-corrected chi connectivity index (χ3v) is 4.05. The van der Waals surface area contributed by atoms with Gasteiger partial charge in [-0.1, -0.05) is 42.0 Å². The Hall–Kier alpha value is -2.50. The van der Waals surface area contributed by atoms with Gasteiger partial charge in [0, 0.05) is 10.6 Å². The summed E-state index contributed by atoms with van der Waals surface area (Å²) in [4.78, 5) is 25.6. The van der Waals surface area contributed by atoms with E-state index in [-0.39, 0.29) is 16.3 Å². The van der Waals surface area contributed by atoms with E-state index in [9.17, 15) is 14.7 Å². The van der Waals surface area contributed by atoms with Crippen molar-refractivity contribution in [3.63, 3.8) is 0 Å². The highest BCUT2D eigenvalue weighted by atomic mass is 35.5. The molecule has 2 aromatic carbocycles.